The van der Waals surface area contributed by atoms with E-state index >= 15 is 0 Å². The van der Waals surface area contributed by atoms with Crippen LogP contribution in [0.15, 0.2) is 41.0 Å². The van der Waals surface area contributed by atoms with Crippen molar-refractivity contribution in [3.8, 4) is 0 Å². The molecule has 0 aliphatic carbocycles. The lowest BCUT2D eigenvalue weighted by atomic mass is 9.91. The van der Waals surface area contributed by atoms with E-state index in [1.165, 1.54) is 11.0 Å². The highest BCUT2D eigenvalue weighted by Crippen LogP contribution is 2.11. The van der Waals surface area contributed by atoms with Gasteiger partial charge in [0.1, 0.15) is 13.6 Å². The van der Waals surface area contributed by atoms with Crippen molar-refractivity contribution in [1.29, 1.82) is 0 Å². The molecular formula is C15H19BN2OS2. The van der Waals surface area contributed by atoms with E-state index in [9.17, 15) is 0 Å². The molecule has 0 amide bonds. The first-order valence-corrected chi connectivity index (χ1v) is 8.43. The minimum absolute atomic E-state index is 0.664. The second-order valence-electron chi connectivity index (χ2n) is 4.81. The zero-order valence-electron chi connectivity index (χ0n) is 12.3. The summed E-state index contributed by atoms with van der Waals surface area (Å²) in [6.07, 6.45) is 1.71. The number of hydrogen-bond acceptors (Lipinski definition) is 3. The predicted octanol–water partition coefficient (Wildman–Crippen LogP) is 2.07. The first-order valence-electron chi connectivity index (χ1n) is 6.87. The molecule has 2 rings (SSSR count). The van der Waals surface area contributed by atoms with E-state index in [2.05, 4.69) is 37.5 Å². The van der Waals surface area contributed by atoms with Crippen LogP contribution in [-0.2, 0) is 5.75 Å². The summed E-state index contributed by atoms with van der Waals surface area (Å²) in [4.78, 5) is 0. The Morgan fingerprint density at radius 3 is 2.95 bits per heavy atom. The fraction of sp³-hybridized carbons (Fsp3) is 0.267. The zero-order valence-corrected chi connectivity index (χ0v) is 13.9. The molecule has 0 saturated heterocycles. The number of aryl methyl sites for hydroxylation is 1. The van der Waals surface area contributed by atoms with E-state index in [4.69, 9.17) is 16.6 Å². The normalized spacial score (nSPS) is 10.3. The van der Waals surface area contributed by atoms with E-state index in [1.807, 2.05) is 30.0 Å². The molecule has 0 saturated carbocycles. The van der Waals surface area contributed by atoms with Crippen LogP contribution in [0, 0.1) is 6.92 Å². The van der Waals surface area contributed by atoms with Gasteiger partial charge >= 0.3 is 0 Å². The molecule has 0 aliphatic heterocycles. The van der Waals surface area contributed by atoms with Crippen LogP contribution in [0.2, 0.25) is 0 Å². The van der Waals surface area contributed by atoms with Gasteiger partial charge in [-0.15, -0.1) is 0 Å². The van der Waals surface area contributed by atoms with E-state index < -0.39 is 0 Å². The molecule has 0 radical (unpaired) electrons. The van der Waals surface area contributed by atoms with Crippen molar-refractivity contribution in [2.75, 3.05) is 17.6 Å². The number of benzene rings is 1. The summed E-state index contributed by atoms with van der Waals surface area (Å²) in [5.41, 5.74) is 3.57. The van der Waals surface area contributed by atoms with Gasteiger partial charge in [-0.2, -0.15) is 11.8 Å². The largest absolute Gasteiger partial charge is 0.468 e. The van der Waals surface area contributed by atoms with Gasteiger partial charge in [0.2, 0.25) is 0 Å². The summed E-state index contributed by atoms with van der Waals surface area (Å²) in [5.74, 6) is 2.89. The Balaban J connectivity index is 1.64. The lowest BCUT2D eigenvalue weighted by Gasteiger charge is -2.11. The number of thiocarbonyl (C=S) groups is 1. The molecule has 1 heterocycles. The first kappa shape index (κ1) is 16.0. The Hall–Kier alpha value is -1.40. The lowest BCUT2D eigenvalue weighted by Crippen LogP contribution is -2.30. The third-order valence-corrected chi connectivity index (χ3v) is 4.35. The Labute approximate surface area is 136 Å². The van der Waals surface area contributed by atoms with Crippen molar-refractivity contribution in [3.05, 3.63) is 47.9 Å². The van der Waals surface area contributed by atoms with Crippen LogP contribution in [0.25, 0.3) is 0 Å². The van der Waals surface area contributed by atoms with Crippen molar-refractivity contribution < 1.29 is 4.42 Å². The Kier molecular flexibility index (Phi) is 6.20. The fourth-order valence-electron chi connectivity index (χ4n) is 1.80. The smallest absolute Gasteiger partial charge is 0.170 e. The molecule has 0 bridgehead atoms. The van der Waals surface area contributed by atoms with E-state index in [0.29, 0.717) is 5.11 Å². The maximum Gasteiger partial charge on any atom is 0.170 e. The van der Waals surface area contributed by atoms with Crippen LogP contribution in [-0.4, -0.2) is 25.3 Å². The van der Waals surface area contributed by atoms with Gasteiger partial charge in [0, 0.05) is 18.0 Å². The van der Waals surface area contributed by atoms with Crippen LogP contribution in [0.3, 0.4) is 0 Å². The van der Waals surface area contributed by atoms with Crippen molar-refractivity contribution in [2.45, 2.75) is 12.7 Å². The van der Waals surface area contributed by atoms with E-state index in [1.54, 1.807) is 6.26 Å². The SMILES string of the molecule is Bc1ccc(NC(=S)NCCSCc2ccco2)cc1C. The lowest BCUT2D eigenvalue weighted by molar-refractivity contribution is 0.530. The van der Waals surface area contributed by atoms with Gasteiger partial charge in [0.25, 0.3) is 0 Å². The van der Waals surface area contributed by atoms with Crippen LogP contribution in [0.1, 0.15) is 11.3 Å². The molecular weight excluding hydrogens is 299 g/mol. The Morgan fingerprint density at radius 2 is 2.24 bits per heavy atom. The molecule has 0 atom stereocenters. The monoisotopic (exact) mass is 318 g/mol. The van der Waals surface area contributed by atoms with Crippen LogP contribution in [0.5, 0.6) is 0 Å². The molecule has 0 fully saturated rings. The zero-order chi connectivity index (χ0) is 15.1. The molecule has 3 nitrogen and oxygen atoms in total. The minimum Gasteiger partial charge on any atom is -0.468 e. The molecule has 0 unspecified atom stereocenters. The van der Waals surface area contributed by atoms with Gasteiger partial charge < -0.3 is 15.1 Å². The van der Waals surface area contributed by atoms with Crippen LogP contribution in [0.4, 0.5) is 5.69 Å². The minimum atomic E-state index is 0.664. The summed E-state index contributed by atoms with van der Waals surface area (Å²) in [5, 5.41) is 7.08. The molecule has 6 heteroatoms. The standard InChI is InChI=1S/C15H19BN2OS2/c1-11-9-12(4-5-14(11)16)18-15(20)17-6-8-21-10-13-3-2-7-19-13/h2-5,7,9H,6,8,10,16H2,1H3,(H2,17,18,20). The molecule has 110 valence electrons. The second kappa shape index (κ2) is 8.15. The maximum absolute atomic E-state index is 5.29. The summed E-state index contributed by atoms with van der Waals surface area (Å²) >= 11 is 7.11. The topological polar surface area (TPSA) is 37.2 Å². The van der Waals surface area contributed by atoms with Crippen LogP contribution < -0.4 is 16.1 Å². The second-order valence-corrected chi connectivity index (χ2v) is 6.33. The molecule has 2 aromatic rings. The molecule has 0 aliphatic rings. The van der Waals surface area contributed by atoms with E-state index in [0.717, 1.165) is 29.5 Å². The first-order chi connectivity index (χ1) is 10.1. The van der Waals surface area contributed by atoms with Crippen molar-refractivity contribution in [1.82, 2.24) is 5.32 Å². The van der Waals surface area contributed by atoms with Gasteiger partial charge in [-0.3, -0.25) is 0 Å². The van der Waals surface area contributed by atoms with Crippen molar-refractivity contribution >= 4 is 48.1 Å². The quantitative estimate of drug-likeness (QED) is 0.484. The maximum atomic E-state index is 5.29. The summed E-state index contributed by atoms with van der Waals surface area (Å²) in [6, 6.07) is 10.2. The van der Waals surface area contributed by atoms with E-state index in [-0.39, 0.29) is 0 Å². The van der Waals surface area contributed by atoms with Gasteiger partial charge in [-0.25, -0.2) is 0 Å². The fourth-order valence-corrected chi connectivity index (χ4v) is 2.77. The number of nitrogens with one attached hydrogen (secondary N) is 2. The molecule has 2 N–H and O–H groups in total. The average Bonchev–Trinajstić information content (AvgIpc) is 2.96. The van der Waals surface area contributed by atoms with Gasteiger partial charge in [-0.1, -0.05) is 17.1 Å². The number of furan rings is 1. The van der Waals surface area contributed by atoms with Gasteiger partial charge in [-0.05, 0) is 43.4 Å². The van der Waals surface area contributed by atoms with Crippen LogP contribution >= 0.6 is 24.0 Å². The highest BCUT2D eigenvalue weighted by molar-refractivity contribution is 7.98. The molecule has 1 aromatic heterocycles. The third-order valence-electron chi connectivity index (χ3n) is 3.12. The highest BCUT2D eigenvalue weighted by atomic mass is 32.2. The van der Waals surface area contributed by atoms with Gasteiger partial charge in [0.05, 0.1) is 12.0 Å². The average molecular weight is 318 g/mol. The van der Waals surface area contributed by atoms with Crippen molar-refractivity contribution in [3.63, 3.8) is 0 Å². The van der Waals surface area contributed by atoms with Gasteiger partial charge in [0.15, 0.2) is 5.11 Å². The third kappa shape index (κ3) is 5.48. The summed E-state index contributed by atoms with van der Waals surface area (Å²) in [7, 11) is 2.10. The molecule has 0 spiro atoms. The number of hydrogen-bond donors (Lipinski definition) is 2. The number of rotatable bonds is 6. The molecule has 21 heavy (non-hydrogen) atoms. The molecule has 1 aromatic carbocycles. The highest BCUT2D eigenvalue weighted by Gasteiger charge is 2.00. The number of thioether (sulfide) groups is 1. The summed E-state index contributed by atoms with van der Waals surface area (Å²) < 4.78 is 5.28. The Morgan fingerprint density at radius 1 is 1.38 bits per heavy atom. The Bertz CT molecular complexity index is 587. The summed E-state index contributed by atoms with van der Waals surface area (Å²) in [6.45, 7) is 2.93. The predicted molar refractivity (Wildman–Crippen MR) is 98.5 cm³/mol. The number of anilines is 1. The van der Waals surface area contributed by atoms with Crippen molar-refractivity contribution in [2.24, 2.45) is 0 Å².